The first-order chi connectivity index (χ1) is 8.60. The number of rotatable bonds is 4. The van der Waals surface area contributed by atoms with E-state index in [1.54, 1.807) is 16.8 Å². The second-order valence-electron chi connectivity index (χ2n) is 4.21. The summed E-state index contributed by atoms with van der Waals surface area (Å²) >= 11 is 0. The van der Waals surface area contributed by atoms with Crippen LogP contribution in [0.3, 0.4) is 0 Å². The van der Waals surface area contributed by atoms with Crippen LogP contribution in [0.2, 0.25) is 0 Å². The number of aromatic nitrogens is 2. The van der Waals surface area contributed by atoms with E-state index in [-0.39, 0.29) is 18.0 Å². The number of hydrogen-bond donors (Lipinski definition) is 0. The Morgan fingerprint density at radius 3 is 2.78 bits per heavy atom. The second-order valence-corrected chi connectivity index (χ2v) is 4.21. The zero-order valence-electron chi connectivity index (χ0n) is 10.5. The van der Waals surface area contributed by atoms with Gasteiger partial charge in [-0.3, -0.25) is 9.48 Å². The summed E-state index contributed by atoms with van der Waals surface area (Å²) in [5.74, 6) is -0.486. The lowest BCUT2D eigenvalue weighted by Crippen LogP contribution is -2.08. The Hall–Kier alpha value is -1.97. The number of nitrogens with zero attached hydrogens (tertiary/aromatic N) is 2. The normalized spacial score (nSPS) is 10.6. The van der Waals surface area contributed by atoms with Crippen LogP contribution in [0, 0.1) is 5.82 Å². The predicted octanol–water partition coefficient (Wildman–Crippen LogP) is 2.55. The van der Waals surface area contributed by atoms with Crippen molar-refractivity contribution in [1.29, 1.82) is 0 Å². The van der Waals surface area contributed by atoms with Gasteiger partial charge in [0.2, 0.25) is 0 Å². The largest absolute Gasteiger partial charge is 0.294 e. The molecule has 1 aromatic heterocycles. The molecular formula is C14H15FN2O. The van der Waals surface area contributed by atoms with Crippen molar-refractivity contribution in [3.8, 4) is 0 Å². The van der Waals surface area contributed by atoms with Crippen molar-refractivity contribution in [2.75, 3.05) is 0 Å². The van der Waals surface area contributed by atoms with E-state index >= 15 is 0 Å². The lowest BCUT2D eigenvalue weighted by molar-refractivity contribution is 0.0990. The molecule has 0 atom stereocenters. The molecule has 0 fully saturated rings. The van der Waals surface area contributed by atoms with E-state index < -0.39 is 0 Å². The topological polar surface area (TPSA) is 34.9 Å². The highest BCUT2D eigenvalue weighted by molar-refractivity contribution is 5.97. The van der Waals surface area contributed by atoms with Gasteiger partial charge in [-0.2, -0.15) is 5.10 Å². The molecule has 2 rings (SSSR count). The Morgan fingerprint density at radius 1 is 1.39 bits per heavy atom. The van der Waals surface area contributed by atoms with E-state index in [1.165, 1.54) is 12.1 Å². The Balaban J connectivity index is 2.18. The van der Waals surface area contributed by atoms with Crippen LogP contribution < -0.4 is 0 Å². The lowest BCUT2D eigenvalue weighted by Gasteiger charge is -2.01. The van der Waals surface area contributed by atoms with Crippen LogP contribution in [0.1, 0.15) is 28.7 Å². The SMILES string of the molecule is CCc1cc(CC(=O)c2cccc(F)c2)n(C)n1. The maximum Gasteiger partial charge on any atom is 0.168 e. The minimum atomic E-state index is -0.389. The molecule has 0 spiro atoms. The Labute approximate surface area is 105 Å². The van der Waals surface area contributed by atoms with Crippen molar-refractivity contribution >= 4 is 5.78 Å². The molecule has 4 heteroatoms. The van der Waals surface area contributed by atoms with Crippen molar-refractivity contribution in [2.45, 2.75) is 19.8 Å². The van der Waals surface area contributed by atoms with Crippen LogP contribution in [-0.2, 0) is 19.9 Å². The number of Topliss-reactive ketones (excluding diaryl/α,β-unsaturated/α-hetero) is 1. The minimum Gasteiger partial charge on any atom is -0.294 e. The third-order valence-electron chi connectivity index (χ3n) is 2.88. The number of halogens is 1. The van der Waals surface area contributed by atoms with Gasteiger partial charge in [0, 0.05) is 18.3 Å². The molecule has 0 radical (unpaired) electrons. The molecule has 18 heavy (non-hydrogen) atoms. The van der Waals surface area contributed by atoms with Crippen molar-refractivity contribution in [1.82, 2.24) is 9.78 Å². The van der Waals surface area contributed by atoms with Gasteiger partial charge in [-0.15, -0.1) is 0 Å². The molecule has 1 aromatic carbocycles. The molecule has 0 aliphatic rings. The van der Waals surface area contributed by atoms with Crippen LogP contribution in [0.4, 0.5) is 4.39 Å². The highest BCUT2D eigenvalue weighted by atomic mass is 19.1. The van der Waals surface area contributed by atoms with Gasteiger partial charge in [-0.05, 0) is 24.6 Å². The highest BCUT2D eigenvalue weighted by Gasteiger charge is 2.11. The van der Waals surface area contributed by atoms with Gasteiger partial charge in [0.25, 0.3) is 0 Å². The highest BCUT2D eigenvalue weighted by Crippen LogP contribution is 2.10. The van der Waals surface area contributed by atoms with Crippen molar-refractivity contribution in [3.05, 3.63) is 53.1 Å². The third kappa shape index (κ3) is 2.64. The summed E-state index contributed by atoms with van der Waals surface area (Å²) in [4.78, 5) is 12.0. The van der Waals surface area contributed by atoms with Crippen molar-refractivity contribution in [2.24, 2.45) is 7.05 Å². The van der Waals surface area contributed by atoms with Crippen molar-refractivity contribution < 1.29 is 9.18 Å². The van der Waals surface area contributed by atoms with Gasteiger partial charge in [0.15, 0.2) is 5.78 Å². The molecule has 2 aromatic rings. The number of aryl methyl sites for hydroxylation is 2. The predicted molar refractivity (Wildman–Crippen MR) is 67.0 cm³/mol. The van der Waals surface area contributed by atoms with E-state index in [1.807, 2.05) is 20.0 Å². The molecule has 0 aliphatic heterocycles. The summed E-state index contributed by atoms with van der Waals surface area (Å²) in [5.41, 5.74) is 2.20. The van der Waals surface area contributed by atoms with Crippen LogP contribution in [-0.4, -0.2) is 15.6 Å². The monoisotopic (exact) mass is 246 g/mol. The Bertz CT molecular complexity index is 575. The first-order valence-corrected chi connectivity index (χ1v) is 5.90. The standard InChI is InChI=1S/C14H15FN2O/c1-3-12-8-13(17(2)16-12)9-14(18)10-5-4-6-11(15)7-10/h4-8H,3,9H2,1-2H3. The summed E-state index contributed by atoms with van der Waals surface area (Å²) in [6.07, 6.45) is 1.08. The molecule has 0 aliphatic carbocycles. The molecule has 0 amide bonds. The zero-order chi connectivity index (χ0) is 13.1. The number of carbonyl (C=O) groups is 1. The Morgan fingerprint density at radius 2 is 2.17 bits per heavy atom. The molecule has 0 N–H and O–H groups in total. The van der Waals surface area contributed by atoms with Gasteiger partial charge >= 0.3 is 0 Å². The van der Waals surface area contributed by atoms with E-state index in [4.69, 9.17) is 0 Å². The maximum absolute atomic E-state index is 13.0. The van der Waals surface area contributed by atoms with E-state index in [9.17, 15) is 9.18 Å². The molecule has 0 bridgehead atoms. The molecule has 0 unspecified atom stereocenters. The average molecular weight is 246 g/mol. The van der Waals surface area contributed by atoms with Gasteiger partial charge in [-0.25, -0.2) is 4.39 Å². The van der Waals surface area contributed by atoms with Crippen LogP contribution >= 0.6 is 0 Å². The summed E-state index contributed by atoms with van der Waals surface area (Å²) in [6.45, 7) is 2.01. The van der Waals surface area contributed by atoms with Gasteiger partial charge in [0.05, 0.1) is 12.1 Å². The molecule has 3 nitrogen and oxygen atoms in total. The van der Waals surface area contributed by atoms with Gasteiger partial charge < -0.3 is 0 Å². The first kappa shape index (κ1) is 12.5. The number of benzene rings is 1. The number of ketones is 1. The van der Waals surface area contributed by atoms with Crippen molar-refractivity contribution in [3.63, 3.8) is 0 Å². The quantitative estimate of drug-likeness (QED) is 0.777. The third-order valence-corrected chi connectivity index (χ3v) is 2.88. The van der Waals surface area contributed by atoms with E-state index in [2.05, 4.69) is 5.10 Å². The summed E-state index contributed by atoms with van der Waals surface area (Å²) in [6, 6.07) is 7.68. The van der Waals surface area contributed by atoms with Crippen LogP contribution in [0.25, 0.3) is 0 Å². The average Bonchev–Trinajstić information content (AvgIpc) is 2.70. The number of hydrogen-bond acceptors (Lipinski definition) is 2. The zero-order valence-corrected chi connectivity index (χ0v) is 10.5. The maximum atomic E-state index is 13.0. The molecule has 0 saturated heterocycles. The fourth-order valence-corrected chi connectivity index (χ4v) is 1.84. The molecular weight excluding hydrogens is 231 g/mol. The van der Waals surface area contributed by atoms with Crippen LogP contribution in [0.15, 0.2) is 30.3 Å². The van der Waals surface area contributed by atoms with Crippen LogP contribution in [0.5, 0.6) is 0 Å². The van der Waals surface area contributed by atoms with E-state index in [0.29, 0.717) is 5.56 Å². The Kier molecular flexibility index (Phi) is 3.55. The lowest BCUT2D eigenvalue weighted by atomic mass is 10.1. The first-order valence-electron chi connectivity index (χ1n) is 5.90. The summed E-state index contributed by atoms with van der Waals surface area (Å²) < 4.78 is 14.7. The fraction of sp³-hybridized carbons (Fsp3) is 0.286. The second kappa shape index (κ2) is 5.12. The molecule has 0 saturated carbocycles. The molecule has 1 heterocycles. The van der Waals surface area contributed by atoms with Gasteiger partial charge in [-0.1, -0.05) is 19.1 Å². The summed E-state index contributed by atoms with van der Waals surface area (Å²) in [7, 11) is 1.81. The van der Waals surface area contributed by atoms with E-state index in [0.717, 1.165) is 17.8 Å². The molecule has 94 valence electrons. The number of carbonyl (C=O) groups excluding carboxylic acids is 1. The minimum absolute atomic E-state index is 0.0971. The summed E-state index contributed by atoms with van der Waals surface area (Å²) in [5, 5.41) is 4.28. The fourth-order valence-electron chi connectivity index (χ4n) is 1.84. The van der Waals surface area contributed by atoms with Gasteiger partial charge in [0.1, 0.15) is 5.82 Å². The smallest absolute Gasteiger partial charge is 0.168 e.